The first-order valence-corrected chi connectivity index (χ1v) is 7.64. The standard InChI is InChI=1S/C18H14F3NO4/c1-10(23)14-15(13-3-2-8-26-13)22(17(25)16(14)24)9-11-4-6-12(7-5-11)18(19,20)21/h2-8,15,24H,9H2,1H3. The van der Waals surface area contributed by atoms with Gasteiger partial charge in [-0.25, -0.2) is 0 Å². The number of furan rings is 1. The highest BCUT2D eigenvalue weighted by Crippen LogP contribution is 2.39. The second kappa shape index (κ2) is 6.36. The molecule has 5 nitrogen and oxygen atoms in total. The summed E-state index contributed by atoms with van der Waals surface area (Å²) in [6.45, 7) is 1.12. The van der Waals surface area contributed by atoms with Crippen LogP contribution in [0.5, 0.6) is 0 Å². The highest BCUT2D eigenvalue weighted by Gasteiger charge is 2.43. The van der Waals surface area contributed by atoms with Crippen molar-refractivity contribution in [3.8, 4) is 0 Å². The maximum absolute atomic E-state index is 12.7. The van der Waals surface area contributed by atoms with Gasteiger partial charge < -0.3 is 14.4 Å². The number of rotatable bonds is 4. The van der Waals surface area contributed by atoms with E-state index in [2.05, 4.69) is 0 Å². The number of Topliss-reactive ketones (excluding diaryl/α,β-unsaturated/α-hetero) is 1. The van der Waals surface area contributed by atoms with Gasteiger partial charge in [0.05, 0.1) is 17.4 Å². The molecule has 1 aromatic heterocycles. The Balaban J connectivity index is 1.93. The second-order valence-electron chi connectivity index (χ2n) is 5.86. The number of ketones is 1. The van der Waals surface area contributed by atoms with Crippen molar-refractivity contribution >= 4 is 11.7 Å². The molecule has 0 radical (unpaired) electrons. The van der Waals surface area contributed by atoms with Crippen LogP contribution in [-0.2, 0) is 22.3 Å². The van der Waals surface area contributed by atoms with E-state index in [-0.39, 0.29) is 17.9 Å². The average Bonchev–Trinajstić information content (AvgIpc) is 3.17. The van der Waals surface area contributed by atoms with Gasteiger partial charge in [-0.15, -0.1) is 0 Å². The summed E-state index contributed by atoms with van der Waals surface area (Å²) < 4.78 is 43.3. The molecular weight excluding hydrogens is 351 g/mol. The lowest BCUT2D eigenvalue weighted by Gasteiger charge is -2.24. The molecule has 8 heteroatoms. The van der Waals surface area contributed by atoms with Crippen molar-refractivity contribution in [3.05, 3.63) is 70.9 Å². The van der Waals surface area contributed by atoms with Crippen LogP contribution < -0.4 is 0 Å². The molecule has 1 aliphatic heterocycles. The third kappa shape index (κ3) is 3.10. The Morgan fingerprint density at radius 1 is 1.23 bits per heavy atom. The van der Waals surface area contributed by atoms with E-state index in [1.54, 1.807) is 12.1 Å². The molecule has 0 spiro atoms. The fourth-order valence-corrected chi connectivity index (χ4v) is 2.91. The van der Waals surface area contributed by atoms with Crippen molar-refractivity contribution in [2.45, 2.75) is 25.7 Å². The van der Waals surface area contributed by atoms with E-state index in [1.165, 1.54) is 30.2 Å². The minimum atomic E-state index is -4.46. The summed E-state index contributed by atoms with van der Waals surface area (Å²) in [5.41, 5.74) is -0.487. The topological polar surface area (TPSA) is 70.8 Å². The predicted octanol–water partition coefficient (Wildman–Crippen LogP) is 3.78. The molecule has 26 heavy (non-hydrogen) atoms. The fraction of sp³-hybridized carbons (Fsp3) is 0.222. The Morgan fingerprint density at radius 3 is 2.38 bits per heavy atom. The maximum atomic E-state index is 12.7. The van der Waals surface area contributed by atoms with Crippen molar-refractivity contribution < 1.29 is 32.3 Å². The molecule has 1 aliphatic rings. The summed E-state index contributed by atoms with van der Waals surface area (Å²) in [6.07, 6.45) is -3.09. The lowest BCUT2D eigenvalue weighted by Crippen LogP contribution is -2.30. The minimum Gasteiger partial charge on any atom is -0.503 e. The van der Waals surface area contributed by atoms with E-state index in [0.29, 0.717) is 5.56 Å². The second-order valence-corrected chi connectivity index (χ2v) is 5.86. The van der Waals surface area contributed by atoms with Crippen molar-refractivity contribution in [2.24, 2.45) is 0 Å². The molecular formula is C18H14F3NO4. The number of benzene rings is 1. The van der Waals surface area contributed by atoms with Gasteiger partial charge in [-0.3, -0.25) is 9.59 Å². The Bertz CT molecular complexity index is 867. The monoisotopic (exact) mass is 365 g/mol. The molecule has 136 valence electrons. The van der Waals surface area contributed by atoms with E-state index in [1.807, 2.05) is 0 Å². The van der Waals surface area contributed by atoms with Gasteiger partial charge in [-0.05, 0) is 36.8 Å². The fourth-order valence-electron chi connectivity index (χ4n) is 2.91. The van der Waals surface area contributed by atoms with E-state index in [4.69, 9.17) is 4.42 Å². The highest BCUT2D eigenvalue weighted by atomic mass is 19.4. The molecule has 1 N–H and O–H groups in total. The Kier molecular flexibility index (Phi) is 4.35. The van der Waals surface area contributed by atoms with Gasteiger partial charge >= 0.3 is 6.18 Å². The summed E-state index contributed by atoms with van der Waals surface area (Å²) in [7, 11) is 0. The number of nitrogens with zero attached hydrogens (tertiary/aromatic N) is 1. The maximum Gasteiger partial charge on any atom is 0.416 e. The SMILES string of the molecule is CC(=O)C1=C(O)C(=O)N(Cc2ccc(C(F)(F)F)cc2)C1c1ccco1. The number of carbonyl (C=O) groups excluding carboxylic acids is 2. The summed E-state index contributed by atoms with van der Waals surface area (Å²) in [5.74, 6) is -1.67. The first-order chi connectivity index (χ1) is 12.2. The number of amides is 1. The van der Waals surface area contributed by atoms with E-state index in [9.17, 15) is 27.9 Å². The lowest BCUT2D eigenvalue weighted by molar-refractivity contribution is -0.137. The zero-order valence-corrected chi connectivity index (χ0v) is 13.6. The molecule has 2 aromatic rings. The van der Waals surface area contributed by atoms with Gasteiger partial charge in [0, 0.05) is 6.54 Å². The zero-order chi connectivity index (χ0) is 19.1. The van der Waals surface area contributed by atoms with Crippen LogP contribution >= 0.6 is 0 Å². The molecule has 0 fully saturated rings. The first-order valence-electron chi connectivity index (χ1n) is 7.64. The van der Waals surface area contributed by atoms with Crippen molar-refractivity contribution in [1.82, 2.24) is 4.90 Å². The molecule has 3 rings (SSSR count). The summed E-state index contributed by atoms with van der Waals surface area (Å²) >= 11 is 0. The Labute approximate surface area is 146 Å². The van der Waals surface area contributed by atoms with Gasteiger partial charge in [0.2, 0.25) is 0 Å². The molecule has 1 aromatic carbocycles. The Hall–Kier alpha value is -3.03. The van der Waals surface area contributed by atoms with Crippen molar-refractivity contribution in [3.63, 3.8) is 0 Å². The molecule has 0 saturated heterocycles. The molecule has 1 atom stereocenters. The normalized spacial score (nSPS) is 17.9. The third-order valence-electron chi connectivity index (χ3n) is 4.13. The van der Waals surface area contributed by atoms with Gasteiger partial charge in [0.1, 0.15) is 11.8 Å². The summed E-state index contributed by atoms with van der Waals surface area (Å²) in [6, 6.07) is 6.52. The van der Waals surface area contributed by atoms with Crippen molar-refractivity contribution in [2.75, 3.05) is 0 Å². The van der Waals surface area contributed by atoms with E-state index >= 15 is 0 Å². The molecule has 1 amide bonds. The largest absolute Gasteiger partial charge is 0.503 e. The van der Waals surface area contributed by atoms with Gasteiger partial charge in [-0.1, -0.05) is 12.1 Å². The number of hydrogen-bond donors (Lipinski definition) is 1. The number of aliphatic hydroxyl groups is 1. The molecule has 2 heterocycles. The van der Waals surface area contributed by atoms with Crippen LogP contribution in [0.25, 0.3) is 0 Å². The van der Waals surface area contributed by atoms with Gasteiger partial charge in [0.15, 0.2) is 11.5 Å². The lowest BCUT2D eigenvalue weighted by atomic mass is 10.0. The summed E-state index contributed by atoms with van der Waals surface area (Å²) in [4.78, 5) is 25.5. The number of carbonyl (C=O) groups is 2. The first kappa shape index (κ1) is 17.8. The predicted molar refractivity (Wildman–Crippen MR) is 83.8 cm³/mol. The van der Waals surface area contributed by atoms with Gasteiger partial charge in [0.25, 0.3) is 5.91 Å². The molecule has 0 aliphatic carbocycles. The van der Waals surface area contributed by atoms with Crippen LogP contribution in [0.2, 0.25) is 0 Å². The third-order valence-corrected chi connectivity index (χ3v) is 4.13. The van der Waals surface area contributed by atoms with Crippen LogP contribution in [-0.4, -0.2) is 21.7 Å². The van der Waals surface area contributed by atoms with Crippen LogP contribution in [0.15, 0.2) is 58.4 Å². The zero-order valence-electron chi connectivity index (χ0n) is 13.6. The quantitative estimate of drug-likeness (QED) is 0.895. The minimum absolute atomic E-state index is 0.0941. The number of alkyl halides is 3. The smallest absolute Gasteiger partial charge is 0.416 e. The van der Waals surface area contributed by atoms with Crippen LogP contribution in [0.1, 0.15) is 29.9 Å². The van der Waals surface area contributed by atoms with Crippen LogP contribution in [0, 0.1) is 0 Å². The van der Waals surface area contributed by atoms with Crippen LogP contribution in [0.4, 0.5) is 13.2 Å². The Morgan fingerprint density at radius 2 is 1.88 bits per heavy atom. The average molecular weight is 365 g/mol. The molecule has 0 bridgehead atoms. The van der Waals surface area contributed by atoms with Crippen molar-refractivity contribution in [1.29, 1.82) is 0 Å². The highest BCUT2D eigenvalue weighted by molar-refractivity contribution is 6.07. The number of hydrogen-bond acceptors (Lipinski definition) is 4. The number of halogens is 3. The van der Waals surface area contributed by atoms with E-state index in [0.717, 1.165) is 12.1 Å². The number of aliphatic hydroxyl groups excluding tert-OH is 1. The van der Waals surface area contributed by atoms with Gasteiger partial charge in [-0.2, -0.15) is 13.2 Å². The van der Waals surface area contributed by atoms with E-state index < -0.39 is 35.2 Å². The molecule has 0 saturated carbocycles. The summed E-state index contributed by atoms with van der Waals surface area (Å²) in [5, 5.41) is 10.1. The molecule has 1 unspecified atom stereocenters. The van der Waals surface area contributed by atoms with Crippen LogP contribution in [0.3, 0.4) is 0 Å².